The maximum absolute atomic E-state index is 12.9. The van der Waals surface area contributed by atoms with Crippen molar-refractivity contribution in [2.75, 3.05) is 42.3 Å². The summed E-state index contributed by atoms with van der Waals surface area (Å²) in [6, 6.07) is 6.26. The van der Waals surface area contributed by atoms with Crippen LogP contribution in [0.1, 0.15) is 36.3 Å². The van der Waals surface area contributed by atoms with Crippen molar-refractivity contribution in [1.29, 1.82) is 0 Å². The van der Waals surface area contributed by atoms with Crippen LogP contribution in [0.5, 0.6) is 0 Å². The number of hydrogen-bond acceptors (Lipinski definition) is 9. The number of fused-ring (bicyclic) bond motifs is 1. The normalized spacial score (nSPS) is 20.7. The van der Waals surface area contributed by atoms with E-state index in [1.807, 2.05) is 4.90 Å². The molecule has 0 unspecified atom stereocenters. The smallest absolute Gasteiger partial charge is 0.269 e. The predicted molar refractivity (Wildman–Crippen MR) is 114 cm³/mol. The lowest BCUT2D eigenvalue weighted by molar-refractivity contribution is -0.384. The second-order valence-electron chi connectivity index (χ2n) is 7.85. The van der Waals surface area contributed by atoms with E-state index in [4.69, 9.17) is 15.5 Å². The van der Waals surface area contributed by atoms with Gasteiger partial charge in [-0.15, -0.1) is 0 Å². The van der Waals surface area contributed by atoms with E-state index in [-0.39, 0.29) is 11.5 Å². The summed E-state index contributed by atoms with van der Waals surface area (Å²) in [5, 5.41) is 14.4. The summed E-state index contributed by atoms with van der Waals surface area (Å²) < 4.78 is 5.41. The molecule has 0 spiro atoms. The van der Waals surface area contributed by atoms with Gasteiger partial charge < -0.3 is 20.7 Å². The number of aromatic nitrogens is 2. The zero-order chi connectivity index (χ0) is 21.5. The molecule has 1 saturated heterocycles. The number of allylic oxidation sites excluding steroid dienone is 2. The summed E-state index contributed by atoms with van der Waals surface area (Å²) in [4.78, 5) is 34.9. The summed E-state index contributed by atoms with van der Waals surface area (Å²) in [6.07, 6.45) is 1.97. The van der Waals surface area contributed by atoms with Crippen molar-refractivity contribution in [1.82, 2.24) is 9.97 Å². The number of benzene rings is 1. The number of ketones is 1. The fraction of sp³-hybridized carbons (Fsp3) is 0.381. The minimum absolute atomic E-state index is 0.00558. The molecule has 3 aliphatic rings. The highest BCUT2D eigenvalue weighted by Crippen LogP contribution is 2.47. The Hall–Kier alpha value is -3.53. The van der Waals surface area contributed by atoms with Crippen molar-refractivity contribution in [2.45, 2.75) is 25.2 Å². The number of nitrogens with one attached hydrogen (secondary N) is 1. The lowest BCUT2D eigenvalue weighted by Crippen LogP contribution is -2.38. The van der Waals surface area contributed by atoms with Gasteiger partial charge in [-0.2, -0.15) is 9.97 Å². The summed E-state index contributed by atoms with van der Waals surface area (Å²) in [5.41, 5.74) is 9.32. The molecule has 0 radical (unpaired) electrons. The molecule has 160 valence electrons. The van der Waals surface area contributed by atoms with Crippen LogP contribution >= 0.6 is 0 Å². The van der Waals surface area contributed by atoms with Gasteiger partial charge in [-0.25, -0.2) is 0 Å². The number of carbonyl (C=O) groups excluding carboxylic acids is 1. The number of Topliss-reactive ketones (excluding diaryl/α,β-unsaturated/α-hetero) is 1. The van der Waals surface area contributed by atoms with Crippen LogP contribution in [0.25, 0.3) is 0 Å². The Labute approximate surface area is 178 Å². The number of anilines is 3. The number of rotatable bonds is 3. The van der Waals surface area contributed by atoms with Gasteiger partial charge in [0, 0.05) is 54.4 Å². The van der Waals surface area contributed by atoms with Gasteiger partial charge >= 0.3 is 0 Å². The van der Waals surface area contributed by atoms with Gasteiger partial charge in [-0.3, -0.25) is 14.9 Å². The highest BCUT2D eigenvalue weighted by atomic mass is 16.6. The van der Waals surface area contributed by atoms with E-state index in [2.05, 4.69) is 10.3 Å². The first-order valence-corrected chi connectivity index (χ1v) is 10.3. The van der Waals surface area contributed by atoms with Gasteiger partial charge in [0.2, 0.25) is 5.95 Å². The number of non-ortho nitro benzene ring substituents is 1. The highest BCUT2D eigenvalue weighted by Gasteiger charge is 2.38. The molecular weight excluding hydrogens is 400 g/mol. The molecule has 2 aromatic rings. The summed E-state index contributed by atoms with van der Waals surface area (Å²) in [6.45, 7) is 2.55. The Balaban J connectivity index is 1.64. The maximum atomic E-state index is 12.9. The van der Waals surface area contributed by atoms with Crippen molar-refractivity contribution in [3.63, 3.8) is 0 Å². The van der Waals surface area contributed by atoms with Crippen LogP contribution in [0.4, 0.5) is 23.3 Å². The van der Waals surface area contributed by atoms with Crippen LogP contribution in [0.2, 0.25) is 0 Å². The van der Waals surface area contributed by atoms with E-state index in [9.17, 15) is 14.9 Å². The van der Waals surface area contributed by atoms with Crippen molar-refractivity contribution >= 4 is 29.1 Å². The molecule has 10 nitrogen and oxygen atoms in total. The van der Waals surface area contributed by atoms with Crippen molar-refractivity contribution in [3.8, 4) is 0 Å². The predicted octanol–water partition coefficient (Wildman–Crippen LogP) is 2.37. The Morgan fingerprint density at radius 2 is 1.90 bits per heavy atom. The fourth-order valence-corrected chi connectivity index (χ4v) is 4.50. The van der Waals surface area contributed by atoms with Gasteiger partial charge in [0.25, 0.3) is 5.69 Å². The molecule has 1 atom stereocenters. The summed E-state index contributed by atoms with van der Waals surface area (Å²) >= 11 is 0. The number of nitro groups is 1. The second kappa shape index (κ2) is 7.62. The van der Waals surface area contributed by atoms with E-state index >= 15 is 0 Å². The SMILES string of the molecule is Nc1nc(N2CCOCC2)nc2c1[C@@H](c1ccc([N+](=O)[O-])cc1)C1=C(CCCC1=O)N2. The van der Waals surface area contributed by atoms with Crippen LogP contribution in [0.15, 0.2) is 35.5 Å². The Bertz CT molecular complexity index is 1090. The van der Waals surface area contributed by atoms with Gasteiger partial charge in [-0.1, -0.05) is 12.1 Å². The molecule has 3 heterocycles. The zero-order valence-corrected chi connectivity index (χ0v) is 16.8. The second-order valence-corrected chi connectivity index (χ2v) is 7.85. The van der Waals surface area contributed by atoms with Crippen molar-refractivity contribution < 1.29 is 14.5 Å². The molecule has 1 aromatic heterocycles. The topological polar surface area (TPSA) is 137 Å². The molecule has 0 bridgehead atoms. The number of nitrogens with two attached hydrogens (primary N) is 1. The van der Waals surface area contributed by atoms with E-state index in [1.165, 1.54) is 12.1 Å². The standard InChI is InChI=1S/C21H22N6O4/c22-19-18-16(12-4-6-13(7-5-12)27(29)30)17-14(2-1-3-15(17)28)23-20(18)25-21(24-19)26-8-10-31-11-9-26/h4-7,16H,1-3,8-11H2,(H3,22,23,24,25)/t16-/m0/s1. The minimum Gasteiger partial charge on any atom is -0.383 e. The lowest BCUT2D eigenvalue weighted by atomic mass is 9.76. The number of ether oxygens (including phenoxy) is 1. The largest absolute Gasteiger partial charge is 0.383 e. The number of nitrogen functional groups attached to an aromatic ring is 1. The molecule has 1 aromatic carbocycles. The van der Waals surface area contributed by atoms with Crippen LogP contribution < -0.4 is 16.0 Å². The number of morpholine rings is 1. The van der Waals surface area contributed by atoms with E-state index < -0.39 is 10.8 Å². The zero-order valence-electron chi connectivity index (χ0n) is 16.8. The average molecular weight is 422 g/mol. The molecule has 3 N–H and O–H groups in total. The van der Waals surface area contributed by atoms with E-state index in [0.29, 0.717) is 61.4 Å². The lowest BCUT2D eigenvalue weighted by Gasteiger charge is -2.35. The molecule has 0 amide bonds. The first kappa shape index (κ1) is 19.4. The van der Waals surface area contributed by atoms with E-state index in [0.717, 1.165) is 24.1 Å². The summed E-state index contributed by atoms with van der Waals surface area (Å²) in [5.74, 6) is 1.01. The molecule has 1 aliphatic carbocycles. The van der Waals surface area contributed by atoms with Gasteiger partial charge in [0.15, 0.2) is 5.78 Å². The average Bonchev–Trinajstić information content (AvgIpc) is 2.78. The van der Waals surface area contributed by atoms with Crippen LogP contribution in [0, 0.1) is 10.1 Å². The van der Waals surface area contributed by atoms with Crippen LogP contribution in [0.3, 0.4) is 0 Å². The van der Waals surface area contributed by atoms with Crippen LogP contribution in [-0.2, 0) is 9.53 Å². The van der Waals surface area contributed by atoms with Crippen molar-refractivity contribution in [3.05, 3.63) is 56.8 Å². The molecule has 0 saturated carbocycles. The Morgan fingerprint density at radius 1 is 1.16 bits per heavy atom. The molecular formula is C21H22N6O4. The molecule has 1 fully saturated rings. The highest BCUT2D eigenvalue weighted by molar-refractivity contribution is 6.01. The minimum atomic E-state index is -0.460. The number of nitrogens with zero attached hydrogens (tertiary/aromatic N) is 4. The third-order valence-electron chi connectivity index (χ3n) is 6.00. The van der Waals surface area contributed by atoms with Gasteiger partial charge in [-0.05, 0) is 18.4 Å². The van der Waals surface area contributed by atoms with Crippen molar-refractivity contribution in [2.24, 2.45) is 0 Å². The first-order valence-electron chi connectivity index (χ1n) is 10.3. The third-order valence-corrected chi connectivity index (χ3v) is 6.00. The van der Waals surface area contributed by atoms with Gasteiger partial charge in [0.1, 0.15) is 11.6 Å². The maximum Gasteiger partial charge on any atom is 0.269 e. The quantitative estimate of drug-likeness (QED) is 0.564. The molecule has 5 rings (SSSR count). The fourth-order valence-electron chi connectivity index (χ4n) is 4.50. The van der Waals surface area contributed by atoms with Crippen LogP contribution in [-0.4, -0.2) is 47.0 Å². The first-order chi connectivity index (χ1) is 15.0. The monoisotopic (exact) mass is 422 g/mol. The van der Waals surface area contributed by atoms with E-state index in [1.54, 1.807) is 12.1 Å². The van der Waals surface area contributed by atoms with Gasteiger partial charge in [0.05, 0.1) is 18.1 Å². The number of carbonyl (C=O) groups is 1. The Kier molecular flexibility index (Phi) is 4.78. The molecule has 10 heteroatoms. The number of nitro benzene ring substituents is 1. The number of hydrogen-bond donors (Lipinski definition) is 2. The molecule has 2 aliphatic heterocycles. The molecule has 31 heavy (non-hydrogen) atoms. The Morgan fingerprint density at radius 3 is 2.61 bits per heavy atom. The summed E-state index contributed by atoms with van der Waals surface area (Å²) in [7, 11) is 0. The third kappa shape index (κ3) is 3.38.